The van der Waals surface area contributed by atoms with Gasteiger partial charge in [-0.3, -0.25) is 24.8 Å². The second-order valence-corrected chi connectivity index (χ2v) is 8.51. The molecule has 0 spiro atoms. The van der Waals surface area contributed by atoms with Crippen LogP contribution in [0, 0.1) is 16.0 Å². The summed E-state index contributed by atoms with van der Waals surface area (Å²) in [6.45, 7) is 3.80. The first-order valence-electron chi connectivity index (χ1n) is 10.3. The number of rotatable bonds is 10. The Morgan fingerprint density at radius 2 is 1.94 bits per heavy atom. The van der Waals surface area contributed by atoms with E-state index in [2.05, 4.69) is 25.8 Å². The Morgan fingerprint density at radius 1 is 1.21 bits per heavy atom. The third kappa shape index (κ3) is 6.54. The van der Waals surface area contributed by atoms with Crippen LogP contribution in [0.1, 0.15) is 36.1 Å². The highest BCUT2D eigenvalue weighted by Crippen LogP contribution is 2.23. The molecule has 34 heavy (non-hydrogen) atoms. The van der Waals surface area contributed by atoms with Crippen molar-refractivity contribution in [2.24, 2.45) is 5.92 Å². The van der Waals surface area contributed by atoms with Gasteiger partial charge in [-0.25, -0.2) is 4.98 Å². The molecule has 0 fully saturated rings. The van der Waals surface area contributed by atoms with Gasteiger partial charge in [-0.1, -0.05) is 31.7 Å². The van der Waals surface area contributed by atoms with Crippen LogP contribution < -0.4 is 15.4 Å². The molecule has 1 aromatic heterocycles. The molecule has 2 aromatic carbocycles. The number of hydrogen-bond acceptors (Lipinski definition) is 8. The number of anilines is 1. The highest BCUT2D eigenvalue weighted by Gasteiger charge is 2.24. The molecule has 2 amide bonds. The third-order valence-corrected chi connectivity index (χ3v) is 5.60. The lowest BCUT2D eigenvalue weighted by molar-refractivity contribution is -0.384. The summed E-state index contributed by atoms with van der Waals surface area (Å²) in [6.07, 6.45) is 0. The van der Waals surface area contributed by atoms with Gasteiger partial charge in [-0.15, -0.1) is 5.10 Å². The lowest BCUT2D eigenvalue weighted by atomic mass is 10.0. The number of aromatic nitrogens is 3. The Labute approximate surface area is 199 Å². The minimum Gasteiger partial charge on any atom is -0.497 e. The molecular weight excluding hydrogens is 460 g/mol. The number of non-ortho nitro benzene ring substituents is 1. The number of carbonyl (C=O) groups is 2. The fourth-order valence-corrected chi connectivity index (χ4v) is 3.60. The summed E-state index contributed by atoms with van der Waals surface area (Å²) >= 11 is 1.15. The molecule has 11 nitrogen and oxygen atoms in total. The zero-order valence-electron chi connectivity index (χ0n) is 18.8. The molecule has 0 aliphatic heterocycles. The predicted octanol–water partition coefficient (Wildman–Crippen LogP) is 3.58. The van der Waals surface area contributed by atoms with E-state index in [0.29, 0.717) is 22.4 Å². The fourth-order valence-electron chi connectivity index (χ4n) is 3.00. The third-order valence-electron chi connectivity index (χ3n) is 4.76. The standard InChI is InChI=1S/C22H24N6O5S/c1-13(2)19(24-21(30)14-5-4-6-16(11-14)28(31)32)20-25-22(27-26-20)34-12-18(29)23-15-7-9-17(33-3)10-8-15/h4-11,13,19H,12H2,1-3H3,(H,23,29)(H,24,30)(H,25,26,27)/t19-/m0/s1. The summed E-state index contributed by atoms with van der Waals surface area (Å²) in [6, 6.07) is 12.0. The number of methoxy groups -OCH3 is 1. The van der Waals surface area contributed by atoms with Crippen molar-refractivity contribution >= 4 is 35.0 Å². The van der Waals surface area contributed by atoms with Gasteiger partial charge in [0.05, 0.1) is 23.8 Å². The van der Waals surface area contributed by atoms with E-state index in [0.717, 1.165) is 11.8 Å². The SMILES string of the molecule is COc1ccc(NC(=O)CSc2n[nH]c([C@@H](NC(=O)c3cccc([N+](=O)[O-])c3)C(C)C)n2)cc1. The van der Waals surface area contributed by atoms with Crippen LogP contribution in [0.2, 0.25) is 0 Å². The van der Waals surface area contributed by atoms with Gasteiger partial charge in [-0.05, 0) is 36.2 Å². The molecule has 1 atom stereocenters. The van der Waals surface area contributed by atoms with Crippen molar-refractivity contribution in [2.75, 3.05) is 18.2 Å². The van der Waals surface area contributed by atoms with Crippen LogP contribution in [0.5, 0.6) is 5.75 Å². The second kappa shape index (κ2) is 11.3. The molecule has 0 aliphatic rings. The average Bonchev–Trinajstić information content (AvgIpc) is 3.30. The van der Waals surface area contributed by atoms with Gasteiger partial charge in [-0.2, -0.15) is 0 Å². The van der Waals surface area contributed by atoms with Crippen molar-refractivity contribution in [3.63, 3.8) is 0 Å². The minimum absolute atomic E-state index is 0.0492. The van der Waals surface area contributed by atoms with E-state index in [9.17, 15) is 19.7 Å². The van der Waals surface area contributed by atoms with Crippen LogP contribution in [0.25, 0.3) is 0 Å². The lowest BCUT2D eigenvalue weighted by Gasteiger charge is -2.19. The number of benzene rings is 2. The van der Waals surface area contributed by atoms with Crippen molar-refractivity contribution in [1.82, 2.24) is 20.5 Å². The molecular formula is C22H24N6O5S. The first kappa shape index (κ1) is 24.7. The maximum atomic E-state index is 12.7. The number of hydrogen-bond donors (Lipinski definition) is 3. The number of nitrogens with zero attached hydrogens (tertiary/aromatic N) is 3. The van der Waals surface area contributed by atoms with E-state index in [-0.39, 0.29) is 28.8 Å². The first-order valence-corrected chi connectivity index (χ1v) is 11.3. The van der Waals surface area contributed by atoms with Crippen LogP contribution in [0.3, 0.4) is 0 Å². The number of carbonyl (C=O) groups excluding carboxylic acids is 2. The number of nitro groups is 1. The minimum atomic E-state index is -0.554. The number of thioether (sulfide) groups is 1. The summed E-state index contributed by atoms with van der Waals surface area (Å²) in [7, 11) is 1.57. The van der Waals surface area contributed by atoms with E-state index in [1.807, 2.05) is 13.8 Å². The summed E-state index contributed by atoms with van der Waals surface area (Å²) in [5.74, 6) is 0.472. The molecule has 3 aromatic rings. The van der Waals surface area contributed by atoms with Gasteiger partial charge in [0.25, 0.3) is 11.6 Å². The topological polar surface area (TPSA) is 152 Å². The van der Waals surface area contributed by atoms with Crippen LogP contribution in [0.15, 0.2) is 53.7 Å². The Hall–Kier alpha value is -3.93. The Morgan fingerprint density at radius 3 is 2.59 bits per heavy atom. The van der Waals surface area contributed by atoms with E-state index < -0.39 is 16.9 Å². The summed E-state index contributed by atoms with van der Waals surface area (Å²) in [5.41, 5.74) is 0.648. The van der Waals surface area contributed by atoms with Crippen LogP contribution in [0.4, 0.5) is 11.4 Å². The Balaban J connectivity index is 1.60. The average molecular weight is 485 g/mol. The highest BCUT2D eigenvalue weighted by molar-refractivity contribution is 7.99. The molecule has 12 heteroatoms. The number of H-pyrrole nitrogens is 1. The van der Waals surface area contributed by atoms with E-state index >= 15 is 0 Å². The summed E-state index contributed by atoms with van der Waals surface area (Å²) in [4.78, 5) is 39.7. The van der Waals surface area contributed by atoms with Crippen molar-refractivity contribution in [3.05, 3.63) is 70.0 Å². The lowest BCUT2D eigenvalue weighted by Crippen LogP contribution is -2.32. The molecule has 0 bridgehead atoms. The van der Waals surface area contributed by atoms with Gasteiger partial charge in [0, 0.05) is 23.4 Å². The molecule has 0 saturated carbocycles. The number of nitro benzene ring substituents is 1. The predicted molar refractivity (Wildman–Crippen MR) is 127 cm³/mol. The molecule has 3 rings (SSSR count). The number of ether oxygens (including phenoxy) is 1. The molecule has 0 radical (unpaired) electrons. The largest absolute Gasteiger partial charge is 0.497 e. The van der Waals surface area contributed by atoms with Gasteiger partial charge in [0.15, 0.2) is 0 Å². The van der Waals surface area contributed by atoms with Crippen molar-refractivity contribution in [2.45, 2.75) is 25.0 Å². The zero-order valence-corrected chi connectivity index (χ0v) is 19.6. The number of amides is 2. The highest BCUT2D eigenvalue weighted by atomic mass is 32.2. The molecule has 0 unspecified atom stereocenters. The molecule has 3 N–H and O–H groups in total. The van der Waals surface area contributed by atoms with Crippen LogP contribution in [-0.4, -0.2) is 44.8 Å². The molecule has 0 aliphatic carbocycles. The van der Waals surface area contributed by atoms with E-state index in [4.69, 9.17) is 4.74 Å². The van der Waals surface area contributed by atoms with Crippen LogP contribution in [-0.2, 0) is 4.79 Å². The molecule has 0 saturated heterocycles. The van der Waals surface area contributed by atoms with Gasteiger partial charge >= 0.3 is 0 Å². The number of nitrogens with one attached hydrogen (secondary N) is 3. The molecule has 1 heterocycles. The summed E-state index contributed by atoms with van der Waals surface area (Å²) in [5, 5.41) is 23.9. The molecule has 178 valence electrons. The maximum Gasteiger partial charge on any atom is 0.270 e. The smallest absolute Gasteiger partial charge is 0.270 e. The Kier molecular flexibility index (Phi) is 8.19. The van der Waals surface area contributed by atoms with E-state index in [1.165, 1.54) is 24.3 Å². The van der Waals surface area contributed by atoms with E-state index in [1.54, 1.807) is 31.4 Å². The normalized spacial score (nSPS) is 11.6. The first-order chi connectivity index (χ1) is 16.3. The van der Waals surface area contributed by atoms with Crippen molar-refractivity contribution in [3.8, 4) is 5.75 Å². The van der Waals surface area contributed by atoms with Crippen LogP contribution >= 0.6 is 11.8 Å². The Bertz CT molecular complexity index is 1160. The van der Waals surface area contributed by atoms with Gasteiger partial charge < -0.3 is 15.4 Å². The maximum absolute atomic E-state index is 12.7. The number of aromatic amines is 1. The van der Waals surface area contributed by atoms with Crippen molar-refractivity contribution < 1.29 is 19.2 Å². The summed E-state index contributed by atoms with van der Waals surface area (Å²) < 4.78 is 5.09. The van der Waals surface area contributed by atoms with Gasteiger partial charge in [0.2, 0.25) is 11.1 Å². The van der Waals surface area contributed by atoms with Gasteiger partial charge in [0.1, 0.15) is 11.6 Å². The monoisotopic (exact) mass is 484 g/mol. The second-order valence-electron chi connectivity index (χ2n) is 7.57. The quantitative estimate of drug-likeness (QED) is 0.224. The zero-order chi connectivity index (χ0) is 24.7. The van der Waals surface area contributed by atoms with Crippen molar-refractivity contribution in [1.29, 1.82) is 0 Å². The fraction of sp³-hybridized carbons (Fsp3) is 0.273.